The summed E-state index contributed by atoms with van der Waals surface area (Å²) >= 11 is 1.19. The van der Waals surface area contributed by atoms with E-state index < -0.39 is 0 Å². The molecule has 2 aromatic carbocycles. The highest BCUT2D eigenvalue weighted by atomic mass is 32.2. The van der Waals surface area contributed by atoms with Gasteiger partial charge in [-0.05, 0) is 70.0 Å². The molecule has 0 spiro atoms. The van der Waals surface area contributed by atoms with Gasteiger partial charge in [-0.1, -0.05) is 71.9 Å². The summed E-state index contributed by atoms with van der Waals surface area (Å²) in [5.41, 5.74) is 5.75. The predicted octanol–water partition coefficient (Wildman–Crippen LogP) is 7.15. The second-order valence-electron chi connectivity index (χ2n) is 12.0. The highest BCUT2D eigenvalue weighted by Gasteiger charge is 2.43. The molecule has 0 saturated carbocycles. The molecule has 0 radical (unpaired) electrons. The fraction of sp³-hybridized carbons (Fsp3) is 0.355. The van der Waals surface area contributed by atoms with E-state index in [1.165, 1.54) is 11.8 Å². The number of thioether (sulfide) groups is 1. The molecule has 1 amide bonds. The lowest BCUT2D eigenvalue weighted by molar-refractivity contribution is -0.111. The Morgan fingerprint density at radius 2 is 1.58 bits per heavy atom. The monoisotopic (exact) mass is 499 g/mol. The summed E-state index contributed by atoms with van der Waals surface area (Å²) in [6.45, 7) is 12.6. The Labute approximate surface area is 217 Å². The zero-order valence-electron chi connectivity index (χ0n) is 21.7. The Hall–Kier alpha value is -3.05. The lowest BCUT2D eigenvalue weighted by Crippen LogP contribution is -2.27. The third kappa shape index (κ3) is 4.24. The number of hydrogen-bond acceptors (Lipinski definition) is 4. The lowest BCUT2D eigenvalue weighted by Gasteiger charge is -2.28. The van der Waals surface area contributed by atoms with Crippen LogP contribution in [0.15, 0.2) is 70.2 Å². The van der Waals surface area contributed by atoms with E-state index in [2.05, 4.69) is 59.0 Å². The van der Waals surface area contributed by atoms with Gasteiger partial charge in [-0.3, -0.25) is 9.59 Å². The van der Waals surface area contributed by atoms with Crippen LogP contribution in [0.1, 0.15) is 76.1 Å². The molecule has 2 aliphatic carbocycles. The minimum atomic E-state index is -0.258. The van der Waals surface area contributed by atoms with Crippen molar-refractivity contribution < 1.29 is 14.7 Å². The van der Waals surface area contributed by atoms with Gasteiger partial charge in [0.05, 0.1) is 6.04 Å². The molecule has 2 N–H and O–H groups in total. The number of Topliss-reactive ketones (excluding diaryl/α,β-unsaturated/α-hetero) is 1. The van der Waals surface area contributed by atoms with Gasteiger partial charge < -0.3 is 10.4 Å². The van der Waals surface area contributed by atoms with Crippen LogP contribution >= 0.6 is 11.8 Å². The van der Waals surface area contributed by atoms with E-state index in [4.69, 9.17) is 0 Å². The van der Waals surface area contributed by atoms with Gasteiger partial charge in [0.2, 0.25) is 0 Å². The maximum Gasteiger partial charge on any atom is 0.284 e. The van der Waals surface area contributed by atoms with E-state index in [-0.39, 0.29) is 33.8 Å². The van der Waals surface area contributed by atoms with Crippen LogP contribution in [0.2, 0.25) is 0 Å². The van der Waals surface area contributed by atoms with E-state index in [9.17, 15) is 14.7 Å². The van der Waals surface area contributed by atoms with E-state index in [0.29, 0.717) is 12.2 Å². The summed E-state index contributed by atoms with van der Waals surface area (Å²) in [6.07, 6.45) is 4.57. The first-order valence-electron chi connectivity index (χ1n) is 12.5. The quantitative estimate of drug-likeness (QED) is 0.431. The van der Waals surface area contributed by atoms with E-state index in [1.807, 2.05) is 42.5 Å². The number of carbonyl (C=O) groups is 2. The zero-order chi connectivity index (χ0) is 26.0. The summed E-state index contributed by atoms with van der Waals surface area (Å²) in [6, 6.07) is 14.1. The molecule has 1 aliphatic heterocycles. The number of carbonyl (C=O) groups excluding carboxylic acids is 2. The van der Waals surface area contributed by atoms with Gasteiger partial charge in [0, 0.05) is 33.1 Å². The molecule has 0 bridgehead atoms. The van der Waals surface area contributed by atoms with Crippen LogP contribution in [0, 0.1) is 0 Å². The van der Waals surface area contributed by atoms with Gasteiger partial charge in [-0.25, -0.2) is 0 Å². The summed E-state index contributed by atoms with van der Waals surface area (Å²) in [7, 11) is 0. The Morgan fingerprint density at radius 3 is 2.17 bits per heavy atom. The SMILES string of the molecule is CC(C)(C)c1cc(C=C2C(=O)C3=C(CC4NC(=O)SC4=C3)C2c2ccccc2)cc(C(C)(C)C)c1O. The first kappa shape index (κ1) is 24.6. The first-order chi connectivity index (χ1) is 16.8. The van der Waals surface area contributed by atoms with Crippen molar-refractivity contribution >= 4 is 28.9 Å². The zero-order valence-corrected chi connectivity index (χ0v) is 22.5. The number of rotatable bonds is 2. The van der Waals surface area contributed by atoms with Crippen molar-refractivity contribution in [1.82, 2.24) is 5.32 Å². The van der Waals surface area contributed by atoms with E-state index in [0.717, 1.165) is 43.9 Å². The summed E-state index contributed by atoms with van der Waals surface area (Å²) < 4.78 is 0. The molecule has 186 valence electrons. The van der Waals surface area contributed by atoms with Crippen LogP contribution in [0.25, 0.3) is 6.08 Å². The number of ketones is 1. The van der Waals surface area contributed by atoms with Crippen molar-refractivity contribution in [3.63, 3.8) is 0 Å². The average molecular weight is 500 g/mol. The number of phenols is 1. The highest BCUT2D eigenvalue weighted by molar-refractivity contribution is 8.17. The maximum atomic E-state index is 13.9. The second kappa shape index (κ2) is 8.52. The van der Waals surface area contributed by atoms with Crippen molar-refractivity contribution in [3.05, 3.63) is 92.4 Å². The van der Waals surface area contributed by atoms with Crippen molar-refractivity contribution in [1.29, 1.82) is 0 Å². The standard InChI is InChI=1S/C31H33NO3S/c1-30(2,3)22-13-17(14-23(28(22)34)31(4,5)6)12-21-26(18-10-8-7-9-11-18)19-15-24-25(36-29(35)32-24)16-20(19)27(21)33/h7-14,16,24,26,34H,15H2,1-6H3,(H,32,35). The molecule has 2 atom stereocenters. The predicted molar refractivity (Wildman–Crippen MR) is 147 cm³/mol. The summed E-state index contributed by atoms with van der Waals surface area (Å²) in [5, 5.41) is 14.2. The van der Waals surface area contributed by atoms with Crippen LogP contribution in [0.4, 0.5) is 4.79 Å². The van der Waals surface area contributed by atoms with Gasteiger partial charge in [0.15, 0.2) is 5.78 Å². The molecule has 1 heterocycles. The van der Waals surface area contributed by atoms with E-state index >= 15 is 0 Å². The largest absolute Gasteiger partial charge is 0.507 e. The number of fused-ring (bicyclic) bond motifs is 1. The fourth-order valence-electron chi connectivity index (χ4n) is 5.46. The van der Waals surface area contributed by atoms with Gasteiger partial charge in [0.25, 0.3) is 5.24 Å². The molecule has 0 aromatic heterocycles. The van der Waals surface area contributed by atoms with Crippen LogP contribution in [0.3, 0.4) is 0 Å². The van der Waals surface area contributed by atoms with Crippen LogP contribution in [-0.2, 0) is 15.6 Å². The molecule has 36 heavy (non-hydrogen) atoms. The van der Waals surface area contributed by atoms with Gasteiger partial charge in [-0.15, -0.1) is 0 Å². The molecule has 1 fully saturated rings. The molecule has 3 aliphatic rings. The second-order valence-corrected chi connectivity index (χ2v) is 13.1. The van der Waals surface area contributed by atoms with Crippen molar-refractivity contribution in [2.75, 3.05) is 0 Å². The van der Waals surface area contributed by atoms with Crippen LogP contribution < -0.4 is 5.32 Å². The topological polar surface area (TPSA) is 66.4 Å². The molecule has 2 aromatic rings. The third-order valence-corrected chi connectivity index (χ3v) is 8.21. The van der Waals surface area contributed by atoms with Crippen molar-refractivity contribution in [3.8, 4) is 5.75 Å². The highest BCUT2D eigenvalue weighted by Crippen LogP contribution is 2.50. The first-order valence-corrected chi connectivity index (χ1v) is 13.3. The minimum absolute atomic E-state index is 0.0208. The van der Waals surface area contributed by atoms with Gasteiger partial charge in [-0.2, -0.15) is 0 Å². The number of amides is 1. The number of nitrogens with one attached hydrogen (secondary N) is 1. The number of benzene rings is 2. The molecule has 5 heteroatoms. The Kier molecular flexibility index (Phi) is 5.83. The average Bonchev–Trinajstić information content (AvgIpc) is 3.28. The molecule has 4 nitrogen and oxygen atoms in total. The third-order valence-electron chi connectivity index (χ3n) is 7.27. The summed E-state index contributed by atoms with van der Waals surface area (Å²) in [4.78, 5) is 26.8. The van der Waals surface area contributed by atoms with Crippen molar-refractivity contribution in [2.24, 2.45) is 0 Å². The smallest absolute Gasteiger partial charge is 0.284 e. The minimum Gasteiger partial charge on any atom is -0.507 e. The van der Waals surface area contributed by atoms with E-state index in [1.54, 1.807) is 0 Å². The number of aromatic hydroxyl groups is 1. The van der Waals surface area contributed by atoms with Crippen molar-refractivity contribution in [2.45, 2.75) is 70.8 Å². The van der Waals surface area contributed by atoms with Gasteiger partial charge >= 0.3 is 0 Å². The molecule has 5 rings (SSSR count). The normalized spacial score (nSPS) is 23.1. The Bertz CT molecular complexity index is 1330. The number of phenolic OH excluding ortho intramolecular Hbond substituents is 1. The lowest BCUT2D eigenvalue weighted by atomic mass is 9.78. The van der Waals surface area contributed by atoms with Crippen LogP contribution in [-0.4, -0.2) is 22.2 Å². The van der Waals surface area contributed by atoms with Gasteiger partial charge in [0.1, 0.15) is 5.75 Å². The molecular formula is C31H33NO3S. The molecular weight excluding hydrogens is 466 g/mol. The maximum absolute atomic E-state index is 13.9. The molecule has 2 unspecified atom stereocenters. The molecule has 1 saturated heterocycles. The Morgan fingerprint density at radius 1 is 0.972 bits per heavy atom. The number of hydrogen-bond donors (Lipinski definition) is 2. The Balaban J connectivity index is 1.69. The van der Waals surface area contributed by atoms with Crippen LogP contribution in [0.5, 0.6) is 5.75 Å². The fourth-order valence-corrected chi connectivity index (χ4v) is 6.34. The number of allylic oxidation sites excluding steroid dienone is 3. The summed E-state index contributed by atoms with van der Waals surface area (Å²) in [5.74, 6) is 0.184.